The number of unbranched alkanes of at least 4 members (excludes halogenated alkanes) is 3. The summed E-state index contributed by atoms with van der Waals surface area (Å²) in [5.41, 5.74) is -0.101. The zero-order valence-corrected chi connectivity index (χ0v) is 17.2. The van der Waals surface area contributed by atoms with Gasteiger partial charge in [0.1, 0.15) is 0 Å². The van der Waals surface area contributed by atoms with Crippen LogP contribution in [0.25, 0.3) is 0 Å². The third-order valence-corrected chi connectivity index (χ3v) is 6.15. The molecule has 2 N–H and O–H groups in total. The minimum atomic E-state index is -0.747. The second-order valence-electron chi connectivity index (χ2n) is 8.18. The molecule has 1 saturated carbocycles. The van der Waals surface area contributed by atoms with E-state index in [2.05, 4.69) is 11.8 Å². The van der Waals surface area contributed by atoms with Gasteiger partial charge < -0.3 is 15.1 Å². The molecule has 1 aliphatic carbocycles. The molecule has 2 aliphatic rings. The van der Waals surface area contributed by atoms with Gasteiger partial charge in [0, 0.05) is 37.6 Å². The van der Waals surface area contributed by atoms with Crippen LogP contribution < -0.4 is 0 Å². The lowest BCUT2D eigenvalue weighted by molar-refractivity contribution is -0.137. The Bertz CT molecular complexity index is 612. The lowest BCUT2D eigenvalue weighted by Crippen LogP contribution is -2.40. The Kier molecular flexibility index (Phi) is 9.05. The minimum absolute atomic E-state index is 0.0695. The molecule has 0 aromatic carbocycles. The van der Waals surface area contributed by atoms with Crippen LogP contribution in [-0.4, -0.2) is 45.7 Å². The normalized spacial score (nSPS) is 22.0. The van der Waals surface area contributed by atoms with Gasteiger partial charge in [-0.15, -0.1) is 11.8 Å². The molecule has 0 aromatic rings. The van der Waals surface area contributed by atoms with Crippen LogP contribution in [0.5, 0.6) is 0 Å². The molecule has 0 aromatic heterocycles. The van der Waals surface area contributed by atoms with Crippen LogP contribution >= 0.6 is 0 Å². The molecule has 5 nitrogen and oxygen atoms in total. The smallest absolute Gasteiger partial charge is 0.303 e. The first-order valence-electron chi connectivity index (χ1n) is 10.8. The molecule has 0 unspecified atom stereocenters. The summed E-state index contributed by atoms with van der Waals surface area (Å²) in [5.74, 6) is 5.75. The summed E-state index contributed by atoms with van der Waals surface area (Å²) in [5, 5.41) is 19.4. The number of hydrogen-bond acceptors (Lipinski definition) is 3. The zero-order chi connectivity index (χ0) is 20.4. The van der Waals surface area contributed by atoms with E-state index in [0.717, 1.165) is 57.8 Å². The highest BCUT2D eigenvalue weighted by Gasteiger charge is 2.42. The topological polar surface area (TPSA) is 77.8 Å². The summed E-state index contributed by atoms with van der Waals surface area (Å²) in [4.78, 5) is 24.7. The highest BCUT2D eigenvalue weighted by Crippen LogP contribution is 2.47. The predicted molar refractivity (Wildman–Crippen MR) is 110 cm³/mol. The van der Waals surface area contributed by atoms with Gasteiger partial charge in [-0.05, 0) is 32.1 Å². The van der Waals surface area contributed by atoms with Crippen molar-refractivity contribution in [2.45, 2.75) is 96.1 Å². The van der Waals surface area contributed by atoms with Gasteiger partial charge in [-0.3, -0.25) is 9.59 Å². The van der Waals surface area contributed by atoms with Crippen LogP contribution in [0.3, 0.4) is 0 Å². The zero-order valence-electron chi connectivity index (χ0n) is 17.2. The lowest BCUT2D eigenvalue weighted by atomic mass is 9.63. The molecule has 2 fully saturated rings. The fraction of sp³-hybridized carbons (Fsp3) is 0.739. The molecule has 0 radical (unpaired) electrons. The summed E-state index contributed by atoms with van der Waals surface area (Å²) >= 11 is 0. The minimum Gasteiger partial charge on any atom is -0.481 e. The van der Waals surface area contributed by atoms with E-state index in [-0.39, 0.29) is 23.8 Å². The van der Waals surface area contributed by atoms with Crippen LogP contribution in [0.1, 0.15) is 84.0 Å². The standard InChI is InChI=1S/C23H35NO4/c1-2-3-7-15-23(16-9-17-23)20(25)13-11-19-12-14-21(26)24(19)18-8-5-4-6-10-22(27)28/h11,13,19-20,25H,2,4-6,8-10,12,14-18H2,1H3,(H,27,28)/t19-,20+/m0/s1. The Labute approximate surface area is 169 Å². The van der Waals surface area contributed by atoms with Crippen LogP contribution in [0.15, 0.2) is 12.2 Å². The van der Waals surface area contributed by atoms with Gasteiger partial charge in [0.05, 0.1) is 12.1 Å². The Balaban J connectivity index is 1.81. The Morgan fingerprint density at radius 2 is 2.04 bits per heavy atom. The summed E-state index contributed by atoms with van der Waals surface area (Å²) in [7, 11) is 0. The van der Waals surface area contributed by atoms with Crippen molar-refractivity contribution in [1.82, 2.24) is 4.90 Å². The fourth-order valence-electron chi connectivity index (χ4n) is 4.17. The lowest BCUT2D eigenvalue weighted by Gasteiger charge is -2.43. The predicted octanol–water partition coefficient (Wildman–Crippen LogP) is 3.90. The van der Waals surface area contributed by atoms with Crippen LogP contribution in [0.4, 0.5) is 0 Å². The Hall–Kier alpha value is -1.80. The van der Waals surface area contributed by atoms with Crippen LogP contribution in [-0.2, 0) is 9.59 Å². The molecule has 2 atom stereocenters. The molecular weight excluding hydrogens is 354 g/mol. The Morgan fingerprint density at radius 1 is 1.29 bits per heavy atom. The first-order valence-corrected chi connectivity index (χ1v) is 10.8. The third kappa shape index (κ3) is 6.38. The number of carboxylic acids is 1. The number of hydrogen-bond donors (Lipinski definition) is 2. The largest absolute Gasteiger partial charge is 0.481 e. The average Bonchev–Trinajstić information content (AvgIpc) is 2.98. The summed E-state index contributed by atoms with van der Waals surface area (Å²) in [6.07, 6.45) is 13.2. The molecule has 1 amide bonds. The maximum Gasteiger partial charge on any atom is 0.303 e. The molecular formula is C23H35NO4. The first kappa shape index (κ1) is 22.5. The Morgan fingerprint density at radius 3 is 2.68 bits per heavy atom. The van der Waals surface area contributed by atoms with Crippen molar-refractivity contribution in [3.05, 3.63) is 12.2 Å². The van der Waals surface area contributed by atoms with E-state index in [9.17, 15) is 14.7 Å². The van der Waals surface area contributed by atoms with Crippen molar-refractivity contribution < 1.29 is 19.8 Å². The average molecular weight is 390 g/mol. The molecule has 2 rings (SSSR count). The van der Waals surface area contributed by atoms with E-state index in [4.69, 9.17) is 5.11 Å². The van der Waals surface area contributed by atoms with E-state index in [1.54, 1.807) is 0 Å². The SMILES string of the molecule is CCC#CCC1([C@H](O)C=C[C@H]2CCC(=O)N2CCCCCCC(=O)O)CCC1. The molecule has 1 heterocycles. The quantitative estimate of drug-likeness (QED) is 0.319. The van der Waals surface area contributed by atoms with E-state index in [0.29, 0.717) is 19.4 Å². The number of aliphatic hydroxyl groups excluding tert-OH is 1. The number of rotatable bonds is 11. The number of carbonyl (C=O) groups excluding carboxylic acids is 1. The second kappa shape index (κ2) is 11.3. The highest BCUT2D eigenvalue weighted by atomic mass is 16.4. The van der Waals surface area contributed by atoms with Gasteiger partial charge in [0.25, 0.3) is 0 Å². The monoisotopic (exact) mass is 389 g/mol. The molecule has 156 valence electrons. The molecule has 1 saturated heterocycles. The van der Waals surface area contributed by atoms with Crippen molar-refractivity contribution in [1.29, 1.82) is 0 Å². The number of aliphatic hydroxyl groups is 1. The maximum absolute atomic E-state index is 12.2. The van der Waals surface area contributed by atoms with Crippen LogP contribution in [0.2, 0.25) is 0 Å². The number of amides is 1. The van der Waals surface area contributed by atoms with Crippen molar-refractivity contribution in [3.8, 4) is 11.8 Å². The molecule has 0 bridgehead atoms. The van der Waals surface area contributed by atoms with E-state index >= 15 is 0 Å². The molecule has 5 heteroatoms. The van der Waals surface area contributed by atoms with Crippen LogP contribution in [0, 0.1) is 17.3 Å². The molecule has 0 spiro atoms. The maximum atomic E-state index is 12.2. The van der Waals surface area contributed by atoms with Gasteiger partial charge in [-0.2, -0.15) is 0 Å². The van der Waals surface area contributed by atoms with Gasteiger partial charge in [0.2, 0.25) is 5.91 Å². The summed E-state index contributed by atoms with van der Waals surface area (Å²) < 4.78 is 0. The van der Waals surface area contributed by atoms with Gasteiger partial charge in [0.15, 0.2) is 0 Å². The van der Waals surface area contributed by atoms with Gasteiger partial charge >= 0.3 is 5.97 Å². The molecule has 1 aliphatic heterocycles. The third-order valence-electron chi connectivity index (χ3n) is 6.15. The molecule has 28 heavy (non-hydrogen) atoms. The fourth-order valence-corrected chi connectivity index (χ4v) is 4.17. The summed E-state index contributed by atoms with van der Waals surface area (Å²) in [6.45, 7) is 2.75. The van der Waals surface area contributed by atoms with E-state index in [1.165, 1.54) is 0 Å². The van der Waals surface area contributed by atoms with Crippen molar-refractivity contribution >= 4 is 11.9 Å². The number of carboxylic acid groups (broad SMARTS) is 1. The summed E-state index contributed by atoms with van der Waals surface area (Å²) in [6, 6.07) is 0.0695. The van der Waals surface area contributed by atoms with Crippen molar-refractivity contribution in [3.63, 3.8) is 0 Å². The van der Waals surface area contributed by atoms with Crippen molar-refractivity contribution in [2.24, 2.45) is 5.41 Å². The number of aliphatic carboxylic acids is 1. The number of carbonyl (C=O) groups is 2. The second-order valence-corrected chi connectivity index (χ2v) is 8.18. The number of likely N-dealkylation sites (tertiary alicyclic amines) is 1. The first-order chi connectivity index (χ1) is 13.5. The van der Waals surface area contributed by atoms with Crippen molar-refractivity contribution in [2.75, 3.05) is 6.54 Å². The van der Waals surface area contributed by atoms with Gasteiger partial charge in [-0.1, -0.05) is 38.3 Å². The van der Waals surface area contributed by atoms with E-state index in [1.807, 2.05) is 24.0 Å². The van der Waals surface area contributed by atoms with E-state index < -0.39 is 12.1 Å². The van der Waals surface area contributed by atoms with Gasteiger partial charge in [-0.25, -0.2) is 0 Å². The highest BCUT2D eigenvalue weighted by molar-refractivity contribution is 5.79. The number of nitrogens with zero attached hydrogens (tertiary/aromatic N) is 1.